The number of hydrogen-bond acceptors (Lipinski definition) is 0. The molecule has 0 radical (unpaired) electrons. The number of allylic oxidation sites excluding steroid dienone is 8. The molecule has 0 aromatic heterocycles. The van der Waals surface area contributed by atoms with Gasteiger partial charge >= 0.3 is 0 Å². The molecule has 0 saturated heterocycles. The molecule has 0 aromatic carbocycles. The number of hydrogen-bond donors (Lipinski definition) is 0. The first kappa shape index (κ1) is 11.4. The standard InChI is InChI=1S/C16H22/c1-16(2,3)15-11-7-10-14(12-15)13-8-5-4-6-9-13/h5,8-10,12H,4,6-7,11H2,1-3H3. The van der Waals surface area contributed by atoms with E-state index in [1.54, 1.807) is 5.57 Å². The van der Waals surface area contributed by atoms with Crippen molar-refractivity contribution in [2.24, 2.45) is 5.41 Å². The van der Waals surface area contributed by atoms with E-state index in [0.29, 0.717) is 5.41 Å². The van der Waals surface area contributed by atoms with Gasteiger partial charge in [-0.3, -0.25) is 0 Å². The first-order chi connectivity index (χ1) is 7.57. The van der Waals surface area contributed by atoms with Crippen LogP contribution in [0, 0.1) is 5.41 Å². The molecule has 0 atom stereocenters. The third-order valence-electron chi connectivity index (χ3n) is 3.40. The SMILES string of the molecule is CC(C)(C)C1=CC(C2=CCCC=C2)=CCC1. The van der Waals surface area contributed by atoms with E-state index in [1.165, 1.54) is 36.8 Å². The van der Waals surface area contributed by atoms with Crippen LogP contribution in [0.5, 0.6) is 0 Å². The van der Waals surface area contributed by atoms with E-state index >= 15 is 0 Å². The largest absolute Gasteiger partial charge is 0.0836 e. The van der Waals surface area contributed by atoms with Crippen molar-refractivity contribution in [3.8, 4) is 0 Å². The van der Waals surface area contributed by atoms with Crippen LogP contribution in [0.1, 0.15) is 46.5 Å². The average Bonchev–Trinajstić information content (AvgIpc) is 2.29. The summed E-state index contributed by atoms with van der Waals surface area (Å²) in [6, 6.07) is 0. The fourth-order valence-corrected chi connectivity index (χ4v) is 2.32. The Morgan fingerprint density at radius 2 is 1.69 bits per heavy atom. The third kappa shape index (κ3) is 2.55. The maximum atomic E-state index is 2.41. The summed E-state index contributed by atoms with van der Waals surface area (Å²) in [5, 5.41) is 0. The average molecular weight is 214 g/mol. The lowest BCUT2D eigenvalue weighted by Gasteiger charge is -2.26. The van der Waals surface area contributed by atoms with Gasteiger partial charge in [0, 0.05) is 0 Å². The van der Waals surface area contributed by atoms with Gasteiger partial charge in [0.05, 0.1) is 0 Å². The van der Waals surface area contributed by atoms with Gasteiger partial charge in [-0.05, 0) is 42.2 Å². The topological polar surface area (TPSA) is 0 Å². The molecule has 0 spiro atoms. The quantitative estimate of drug-likeness (QED) is 0.579. The minimum atomic E-state index is 0.318. The summed E-state index contributed by atoms with van der Waals surface area (Å²) < 4.78 is 0. The Kier molecular flexibility index (Phi) is 3.18. The van der Waals surface area contributed by atoms with Crippen molar-refractivity contribution >= 4 is 0 Å². The van der Waals surface area contributed by atoms with E-state index < -0.39 is 0 Å². The zero-order chi connectivity index (χ0) is 11.6. The molecule has 0 bridgehead atoms. The van der Waals surface area contributed by atoms with Crippen molar-refractivity contribution in [3.05, 3.63) is 47.1 Å². The van der Waals surface area contributed by atoms with Crippen molar-refractivity contribution in [2.45, 2.75) is 46.5 Å². The van der Waals surface area contributed by atoms with Crippen LogP contribution in [0.2, 0.25) is 0 Å². The highest BCUT2D eigenvalue weighted by Gasteiger charge is 2.19. The smallest absolute Gasteiger partial charge is 0.0170 e. The van der Waals surface area contributed by atoms with Crippen LogP contribution in [-0.2, 0) is 0 Å². The Balaban J connectivity index is 2.24. The van der Waals surface area contributed by atoms with Gasteiger partial charge < -0.3 is 0 Å². The van der Waals surface area contributed by atoms with Gasteiger partial charge in [-0.15, -0.1) is 0 Å². The lowest BCUT2D eigenvalue weighted by Crippen LogP contribution is -2.12. The Morgan fingerprint density at radius 3 is 2.31 bits per heavy atom. The highest BCUT2D eigenvalue weighted by Crippen LogP contribution is 2.35. The summed E-state index contributed by atoms with van der Waals surface area (Å²) >= 11 is 0. The molecule has 0 aromatic rings. The zero-order valence-corrected chi connectivity index (χ0v) is 10.7. The summed E-state index contributed by atoms with van der Waals surface area (Å²) in [6.07, 6.45) is 16.5. The molecule has 2 aliphatic rings. The van der Waals surface area contributed by atoms with E-state index in [9.17, 15) is 0 Å². The molecule has 0 unspecified atom stereocenters. The monoisotopic (exact) mass is 214 g/mol. The van der Waals surface area contributed by atoms with Crippen molar-refractivity contribution in [2.75, 3.05) is 0 Å². The van der Waals surface area contributed by atoms with E-state index in [0.717, 1.165) is 0 Å². The van der Waals surface area contributed by atoms with Crippen LogP contribution in [0.4, 0.5) is 0 Å². The van der Waals surface area contributed by atoms with Gasteiger partial charge in [-0.1, -0.05) is 56.7 Å². The molecular weight excluding hydrogens is 192 g/mol. The van der Waals surface area contributed by atoms with Crippen molar-refractivity contribution in [3.63, 3.8) is 0 Å². The third-order valence-corrected chi connectivity index (χ3v) is 3.40. The maximum Gasteiger partial charge on any atom is -0.0170 e. The fraction of sp³-hybridized carbons (Fsp3) is 0.500. The predicted molar refractivity (Wildman–Crippen MR) is 71.3 cm³/mol. The Hall–Kier alpha value is -1.04. The first-order valence-electron chi connectivity index (χ1n) is 6.36. The highest BCUT2D eigenvalue weighted by molar-refractivity contribution is 5.50. The Labute approximate surface area is 99.4 Å². The second-order valence-electron chi connectivity index (χ2n) is 5.76. The molecule has 0 nitrogen and oxygen atoms in total. The van der Waals surface area contributed by atoms with Gasteiger partial charge in [0.1, 0.15) is 0 Å². The maximum absolute atomic E-state index is 2.41. The normalized spacial score (nSPS) is 21.3. The molecule has 0 N–H and O–H groups in total. The van der Waals surface area contributed by atoms with Crippen LogP contribution >= 0.6 is 0 Å². The molecule has 2 rings (SSSR count). The van der Waals surface area contributed by atoms with Gasteiger partial charge in [0.25, 0.3) is 0 Å². The molecule has 0 aliphatic heterocycles. The Morgan fingerprint density at radius 1 is 0.938 bits per heavy atom. The first-order valence-corrected chi connectivity index (χ1v) is 6.36. The van der Waals surface area contributed by atoms with Gasteiger partial charge in [0.2, 0.25) is 0 Å². The molecule has 0 amide bonds. The lowest BCUT2D eigenvalue weighted by molar-refractivity contribution is 0.480. The summed E-state index contributed by atoms with van der Waals surface area (Å²) in [4.78, 5) is 0. The Bertz CT molecular complexity index is 381. The van der Waals surface area contributed by atoms with Crippen molar-refractivity contribution in [1.29, 1.82) is 0 Å². The van der Waals surface area contributed by atoms with Gasteiger partial charge in [-0.2, -0.15) is 0 Å². The van der Waals surface area contributed by atoms with Crippen LogP contribution < -0.4 is 0 Å². The summed E-state index contributed by atoms with van der Waals surface area (Å²) in [7, 11) is 0. The minimum absolute atomic E-state index is 0.318. The van der Waals surface area contributed by atoms with Crippen LogP contribution in [0.25, 0.3) is 0 Å². The van der Waals surface area contributed by atoms with E-state index in [1.807, 2.05) is 0 Å². The van der Waals surface area contributed by atoms with E-state index in [2.05, 4.69) is 51.2 Å². The molecule has 16 heavy (non-hydrogen) atoms. The molecular formula is C16H22. The zero-order valence-electron chi connectivity index (χ0n) is 10.7. The molecule has 0 saturated carbocycles. The van der Waals surface area contributed by atoms with E-state index in [-0.39, 0.29) is 0 Å². The fourth-order valence-electron chi connectivity index (χ4n) is 2.32. The van der Waals surface area contributed by atoms with Crippen LogP contribution in [0.3, 0.4) is 0 Å². The summed E-state index contributed by atoms with van der Waals surface area (Å²) in [5.74, 6) is 0. The molecule has 0 fully saturated rings. The van der Waals surface area contributed by atoms with Crippen LogP contribution in [0.15, 0.2) is 47.1 Å². The van der Waals surface area contributed by atoms with E-state index in [4.69, 9.17) is 0 Å². The molecule has 0 heterocycles. The molecule has 2 aliphatic carbocycles. The lowest BCUT2D eigenvalue weighted by atomic mass is 9.79. The molecule has 86 valence electrons. The second-order valence-corrected chi connectivity index (χ2v) is 5.76. The number of rotatable bonds is 1. The van der Waals surface area contributed by atoms with Crippen molar-refractivity contribution in [1.82, 2.24) is 0 Å². The van der Waals surface area contributed by atoms with Crippen molar-refractivity contribution < 1.29 is 0 Å². The van der Waals surface area contributed by atoms with Gasteiger partial charge in [0.15, 0.2) is 0 Å². The predicted octanol–water partition coefficient (Wildman–Crippen LogP) is 4.96. The van der Waals surface area contributed by atoms with Gasteiger partial charge in [-0.25, -0.2) is 0 Å². The second kappa shape index (κ2) is 4.45. The highest BCUT2D eigenvalue weighted by atomic mass is 14.2. The molecule has 0 heteroatoms. The van der Waals surface area contributed by atoms with Crippen LogP contribution in [-0.4, -0.2) is 0 Å². The summed E-state index contributed by atoms with van der Waals surface area (Å²) in [6.45, 7) is 6.94. The summed E-state index contributed by atoms with van der Waals surface area (Å²) in [5.41, 5.74) is 4.77. The minimum Gasteiger partial charge on any atom is -0.0836 e.